The van der Waals surface area contributed by atoms with E-state index < -0.39 is 0 Å². The van der Waals surface area contributed by atoms with E-state index in [4.69, 9.17) is 0 Å². The number of nitrogens with one attached hydrogen (secondary N) is 1. The number of halogens is 1. The molecule has 1 aromatic heterocycles. The third kappa shape index (κ3) is 3.47. The van der Waals surface area contributed by atoms with Crippen LogP contribution in [0.5, 0.6) is 0 Å². The van der Waals surface area contributed by atoms with Gasteiger partial charge in [-0.2, -0.15) is 0 Å². The van der Waals surface area contributed by atoms with Gasteiger partial charge >= 0.3 is 0 Å². The molecule has 1 fully saturated rings. The monoisotopic (exact) mass is 359 g/mol. The molecule has 0 saturated carbocycles. The molecule has 0 radical (unpaired) electrons. The summed E-state index contributed by atoms with van der Waals surface area (Å²) in [4.78, 5) is 18.6. The molecule has 0 spiro atoms. The van der Waals surface area contributed by atoms with Gasteiger partial charge in [-0.1, -0.05) is 18.2 Å². The zero-order valence-electron chi connectivity index (χ0n) is 12.2. The number of hydrogen-bond donors (Lipinski definition) is 1. The molecule has 2 aromatic rings. The van der Waals surface area contributed by atoms with Crippen molar-refractivity contribution in [1.82, 2.24) is 10.3 Å². The quantitative estimate of drug-likeness (QED) is 0.911. The number of pyridine rings is 1. The molecule has 4 nitrogen and oxygen atoms in total. The van der Waals surface area contributed by atoms with Crippen LogP contribution >= 0.6 is 15.9 Å². The molecule has 1 amide bonds. The number of carbonyl (C=O) groups is 1. The Bertz CT molecular complexity index is 647. The fourth-order valence-corrected chi connectivity index (χ4v) is 3.22. The molecule has 1 atom stereocenters. The van der Waals surface area contributed by atoms with Crippen LogP contribution in [0.1, 0.15) is 23.2 Å². The highest BCUT2D eigenvalue weighted by Gasteiger charge is 2.25. The minimum absolute atomic E-state index is 0.0753. The minimum atomic E-state index is -0.0753. The zero-order valence-corrected chi connectivity index (χ0v) is 13.8. The maximum absolute atomic E-state index is 12.2. The number of hydrogen-bond acceptors (Lipinski definition) is 3. The van der Waals surface area contributed by atoms with Crippen molar-refractivity contribution in [2.75, 3.05) is 18.0 Å². The third-order valence-corrected chi connectivity index (χ3v) is 4.36. The summed E-state index contributed by atoms with van der Waals surface area (Å²) in [6.45, 7) is 1.70. The minimum Gasteiger partial charge on any atom is -0.367 e. The molecule has 3 rings (SSSR count). The van der Waals surface area contributed by atoms with Gasteiger partial charge in [0, 0.05) is 41.7 Å². The van der Waals surface area contributed by atoms with Crippen LogP contribution in [0, 0.1) is 0 Å². The van der Waals surface area contributed by atoms with Crippen molar-refractivity contribution >= 4 is 27.5 Å². The molecule has 1 aromatic carbocycles. The van der Waals surface area contributed by atoms with E-state index >= 15 is 0 Å². The molecule has 22 heavy (non-hydrogen) atoms. The van der Waals surface area contributed by atoms with Crippen LogP contribution in [0.2, 0.25) is 0 Å². The van der Waals surface area contributed by atoms with Crippen molar-refractivity contribution in [3.05, 3.63) is 58.8 Å². The first-order chi connectivity index (χ1) is 10.7. The van der Waals surface area contributed by atoms with Crippen LogP contribution in [0.15, 0.2) is 53.3 Å². The van der Waals surface area contributed by atoms with E-state index in [1.165, 1.54) is 5.69 Å². The predicted molar refractivity (Wildman–Crippen MR) is 91.1 cm³/mol. The van der Waals surface area contributed by atoms with Gasteiger partial charge in [-0.05, 0) is 47.0 Å². The Balaban J connectivity index is 1.62. The highest BCUT2D eigenvalue weighted by Crippen LogP contribution is 2.24. The Kier molecular flexibility index (Phi) is 4.73. The van der Waals surface area contributed by atoms with Crippen LogP contribution < -0.4 is 10.2 Å². The maximum atomic E-state index is 12.2. The van der Waals surface area contributed by atoms with E-state index in [2.05, 4.69) is 55.4 Å². The summed E-state index contributed by atoms with van der Waals surface area (Å²) in [5.74, 6) is -0.0753. The van der Waals surface area contributed by atoms with Crippen LogP contribution in [0.3, 0.4) is 0 Å². The van der Waals surface area contributed by atoms with Crippen molar-refractivity contribution in [1.29, 1.82) is 0 Å². The first kappa shape index (κ1) is 15.0. The molecular formula is C17H18BrN3O. The van der Waals surface area contributed by atoms with E-state index in [1.807, 2.05) is 6.07 Å². The second-order valence-electron chi connectivity index (χ2n) is 5.43. The first-order valence-corrected chi connectivity index (χ1v) is 8.24. The first-order valence-electron chi connectivity index (χ1n) is 7.44. The average Bonchev–Trinajstić information content (AvgIpc) is 3.02. The van der Waals surface area contributed by atoms with E-state index in [9.17, 15) is 4.79 Å². The average molecular weight is 360 g/mol. The summed E-state index contributed by atoms with van der Waals surface area (Å²) in [7, 11) is 0. The normalized spacial score (nSPS) is 17.5. The summed E-state index contributed by atoms with van der Waals surface area (Å²) in [5, 5.41) is 3.03. The second kappa shape index (κ2) is 6.92. The van der Waals surface area contributed by atoms with Crippen molar-refractivity contribution in [3.63, 3.8) is 0 Å². The highest BCUT2D eigenvalue weighted by molar-refractivity contribution is 9.10. The number of rotatable bonds is 4. The lowest BCUT2D eigenvalue weighted by atomic mass is 10.2. The van der Waals surface area contributed by atoms with Crippen LogP contribution in [0.4, 0.5) is 5.69 Å². The zero-order chi connectivity index (χ0) is 15.4. The van der Waals surface area contributed by atoms with Crippen LogP contribution in [-0.2, 0) is 0 Å². The van der Waals surface area contributed by atoms with Gasteiger partial charge in [0.1, 0.15) is 0 Å². The van der Waals surface area contributed by atoms with Crippen LogP contribution in [0.25, 0.3) is 0 Å². The Labute approximate surface area is 138 Å². The number of nitrogens with zero attached hydrogens (tertiary/aromatic N) is 2. The van der Waals surface area contributed by atoms with Gasteiger partial charge in [-0.15, -0.1) is 0 Å². The summed E-state index contributed by atoms with van der Waals surface area (Å²) < 4.78 is 0.812. The van der Waals surface area contributed by atoms with Crippen molar-refractivity contribution in [2.24, 2.45) is 0 Å². The van der Waals surface area contributed by atoms with Gasteiger partial charge in [-0.25, -0.2) is 0 Å². The highest BCUT2D eigenvalue weighted by atomic mass is 79.9. The lowest BCUT2D eigenvalue weighted by molar-refractivity contribution is 0.0951. The summed E-state index contributed by atoms with van der Waals surface area (Å²) in [5.41, 5.74) is 1.81. The third-order valence-electron chi connectivity index (χ3n) is 3.93. The van der Waals surface area contributed by atoms with Gasteiger partial charge in [0.05, 0.1) is 5.56 Å². The van der Waals surface area contributed by atoms with Crippen molar-refractivity contribution in [2.45, 2.75) is 18.9 Å². The Morgan fingerprint density at radius 2 is 2.14 bits per heavy atom. The van der Waals surface area contributed by atoms with Gasteiger partial charge in [-0.3, -0.25) is 9.78 Å². The molecule has 2 heterocycles. The molecule has 5 heteroatoms. The van der Waals surface area contributed by atoms with Gasteiger partial charge in [0.15, 0.2) is 0 Å². The molecule has 0 unspecified atom stereocenters. The van der Waals surface area contributed by atoms with E-state index in [1.54, 1.807) is 18.5 Å². The summed E-state index contributed by atoms with van der Waals surface area (Å²) >= 11 is 3.34. The topological polar surface area (TPSA) is 45.2 Å². The molecular weight excluding hydrogens is 342 g/mol. The summed E-state index contributed by atoms with van der Waals surface area (Å²) in [6, 6.07) is 12.5. The fourth-order valence-electron chi connectivity index (χ4n) is 2.86. The SMILES string of the molecule is O=C(NC[C@@H]1CCCN1c1ccccc1)c1cncc(Br)c1. The van der Waals surface area contributed by atoms with Crippen molar-refractivity contribution < 1.29 is 4.79 Å². The largest absolute Gasteiger partial charge is 0.367 e. The van der Waals surface area contributed by atoms with Gasteiger partial charge in [0.25, 0.3) is 5.91 Å². The molecule has 114 valence electrons. The second-order valence-corrected chi connectivity index (χ2v) is 6.34. The molecule has 0 bridgehead atoms. The van der Waals surface area contributed by atoms with Crippen molar-refractivity contribution in [3.8, 4) is 0 Å². The Hall–Kier alpha value is -1.88. The molecule has 0 aliphatic carbocycles. The van der Waals surface area contributed by atoms with E-state index in [0.717, 1.165) is 23.9 Å². The maximum Gasteiger partial charge on any atom is 0.252 e. The number of anilines is 1. The lowest BCUT2D eigenvalue weighted by Crippen LogP contribution is -2.40. The van der Waals surface area contributed by atoms with Crippen LogP contribution in [-0.4, -0.2) is 30.0 Å². The Morgan fingerprint density at radius 1 is 1.32 bits per heavy atom. The standard InChI is InChI=1S/C17H18BrN3O/c18-14-9-13(10-19-11-14)17(22)20-12-16-7-4-8-21(16)15-5-2-1-3-6-15/h1-3,5-6,9-11,16H,4,7-8,12H2,(H,20,22)/t16-/m0/s1. The number of para-hydroxylation sites is 1. The van der Waals surface area contributed by atoms with Gasteiger partial charge in [0.2, 0.25) is 0 Å². The number of benzene rings is 1. The Morgan fingerprint density at radius 3 is 2.91 bits per heavy atom. The van der Waals surface area contributed by atoms with E-state index in [-0.39, 0.29) is 5.91 Å². The molecule has 1 aliphatic heterocycles. The number of amides is 1. The molecule has 1 saturated heterocycles. The van der Waals surface area contributed by atoms with E-state index in [0.29, 0.717) is 18.2 Å². The number of aromatic nitrogens is 1. The number of carbonyl (C=O) groups excluding carboxylic acids is 1. The fraction of sp³-hybridized carbons (Fsp3) is 0.294. The predicted octanol–water partition coefficient (Wildman–Crippen LogP) is 3.24. The molecule has 1 N–H and O–H groups in total. The smallest absolute Gasteiger partial charge is 0.252 e. The molecule has 1 aliphatic rings. The lowest BCUT2D eigenvalue weighted by Gasteiger charge is -2.27. The van der Waals surface area contributed by atoms with Gasteiger partial charge < -0.3 is 10.2 Å². The summed E-state index contributed by atoms with van der Waals surface area (Å²) in [6.07, 6.45) is 5.52.